The molecule has 1 N–H and O–H groups in total. The molecule has 0 fully saturated rings. The molecule has 0 spiro atoms. The van der Waals surface area contributed by atoms with Gasteiger partial charge in [0.2, 0.25) is 0 Å². The minimum atomic E-state index is -0.329. The van der Waals surface area contributed by atoms with Gasteiger partial charge in [0.1, 0.15) is 0 Å². The molecule has 1 aliphatic rings. The van der Waals surface area contributed by atoms with Crippen molar-refractivity contribution in [3.63, 3.8) is 0 Å². The minimum Gasteiger partial charge on any atom is -1.00 e. The van der Waals surface area contributed by atoms with Crippen LogP contribution in [-0.2, 0) is 21.7 Å². The third-order valence-corrected chi connectivity index (χ3v) is 4.98. The standard InChI is InChI=1S/C11H11Si.C7H10N.2ClH.Ti/c1-12(2)11-7-9-5-3-4-6-10(9)8-11;1-5-4-8-7(3)6(5)2;;;/h3-7H,1-2H3;8H,1-3H3;2*1H;/q2*-1;;;+4/p-2. The van der Waals surface area contributed by atoms with Crippen LogP contribution in [0.15, 0.2) is 24.3 Å². The summed E-state index contributed by atoms with van der Waals surface area (Å²) in [5.74, 6) is 0. The fourth-order valence-corrected chi connectivity index (χ4v) is 2.83. The number of aromatic amines is 1. The molecule has 2 aromatic rings. The molecule has 0 atom stereocenters. The molecule has 0 bridgehead atoms. The zero-order valence-electron chi connectivity index (χ0n) is 14.1. The second kappa shape index (κ2) is 11.2. The van der Waals surface area contributed by atoms with Crippen molar-refractivity contribution in [3.05, 3.63) is 57.7 Å². The van der Waals surface area contributed by atoms with E-state index in [1.54, 1.807) is 0 Å². The molecular weight excluding hydrogens is 377 g/mol. The summed E-state index contributed by atoms with van der Waals surface area (Å²) in [5, 5.41) is 4.01. The third-order valence-electron chi connectivity index (χ3n) is 3.63. The van der Waals surface area contributed by atoms with Crippen LogP contribution in [0.5, 0.6) is 0 Å². The Labute approximate surface area is 168 Å². The Bertz CT molecular complexity index is 718. The number of rotatable bonds is 0. The number of nitrogens with one attached hydrogen (secondary N) is 1. The van der Waals surface area contributed by atoms with E-state index in [1.165, 1.54) is 32.4 Å². The maximum absolute atomic E-state index is 3.44. The van der Waals surface area contributed by atoms with Crippen molar-refractivity contribution < 1.29 is 46.5 Å². The molecule has 1 heterocycles. The first kappa shape index (κ1) is 24.9. The van der Waals surface area contributed by atoms with Crippen molar-refractivity contribution in [2.75, 3.05) is 0 Å². The Hall–Kier alpha value is -0.379. The predicted octanol–water partition coefficient (Wildman–Crippen LogP) is -3.61. The molecule has 1 aromatic carbocycles. The summed E-state index contributed by atoms with van der Waals surface area (Å²) < 4.78 is 0. The normalized spacial score (nSPS) is 10.4. The average Bonchev–Trinajstić information content (AvgIpc) is 2.99. The SMILES string of the molecule is C[Si](C)=C1[C-]=c2ccccc2=C1.Cc1[c-][nH]c(C)c1C.[Cl-].[Cl-].[Ti+4]. The fourth-order valence-electron chi connectivity index (χ4n) is 2.00. The molecule has 0 unspecified atom stereocenters. The van der Waals surface area contributed by atoms with Gasteiger partial charge in [0.25, 0.3) is 0 Å². The molecule has 23 heavy (non-hydrogen) atoms. The second-order valence-electron chi connectivity index (χ2n) is 5.40. The topological polar surface area (TPSA) is 15.8 Å². The van der Waals surface area contributed by atoms with E-state index < -0.39 is 0 Å². The van der Waals surface area contributed by atoms with Crippen LogP contribution in [0.25, 0.3) is 12.2 Å². The molecule has 5 heteroatoms. The average molecular weight is 398 g/mol. The first-order chi connectivity index (χ1) is 9.49. The molecular formula is C18H21Cl2NSiTi. The molecule has 0 aliphatic heterocycles. The van der Waals surface area contributed by atoms with Gasteiger partial charge in [-0.15, -0.1) is 46.6 Å². The third kappa shape index (κ3) is 6.56. The van der Waals surface area contributed by atoms with Crippen molar-refractivity contribution in [2.45, 2.75) is 33.9 Å². The van der Waals surface area contributed by atoms with Gasteiger partial charge in [0, 0.05) is 0 Å². The quantitative estimate of drug-likeness (QED) is 0.349. The maximum Gasteiger partial charge on any atom is 4.00 e. The summed E-state index contributed by atoms with van der Waals surface area (Å²) >= 11 is 0. The molecule has 120 valence electrons. The summed E-state index contributed by atoms with van der Waals surface area (Å²) in [5.41, 5.74) is 3.77. The van der Waals surface area contributed by atoms with Gasteiger partial charge in [-0.25, -0.2) is 0 Å². The van der Waals surface area contributed by atoms with Crippen molar-refractivity contribution in [1.82, 2.24) is 4.98 Å². The Balaban J connectivity index is 0. The zero-order chi connectivity index (χ0) is 14.7. The Kier molecular flexibility index (Phi) is 12.1. The van der Waals surface area contributed by atoms with Crippen molar-refractivity contribution in [1.29, 1.82) is 0 Å². The van der Waals surface area contributed by atoms with Crippen LogP contribution in [0.1, 0.15) is 16.8 Å². The number of benzene rings is 1. The summed E-state index contributed by atoms with van der Waals surface area (Å²) in [6.07, 6.45) is 8.72. The smallest absolute Gasteiger partial charge is 1.00 e. The summed E-state index contributed by atoms with van der Waals surface area (Å²) in [6.45, 7) is 10.8. The minimum absolute atomic E-state index is 0. The van der Waals surface area contributed by atoms with E-state index >= 15 is 0 Å². The van der Waals surface area contributed by atoms with E-state index in [4.69, 9.17) is 0 Å². The fraction of sp³-hybridized carbons (Fsp3) is 0.278. The summed E-state index contributed by atoms with van der Waals surface area (Å²) in [6, 6.07) is 8.43. The van der Waals surface area contributed by atoms with Gasteiger partial charge in [-0.2, -0.15) is 22.4 Å². The van der Waals surface area contributed by atoms with Crippen molar-refractivity contribution >= 4 is 25.7 Å². The second-order valence-corrected chi connectivity index (χ2v) is 7.93. The van der Waals surface area contributed by atoms with Crippen LogP contribution < -0.4 is 35.3 Å². The van der Waals surface area contributed by atoms with Gasteiger partial charge in [-0.3, -0.25) is 0 Å². The Morgan fingerprint density at radius 3 is 2.00 bits per heavy atom. The van der Waals surface area contributed by atoms with Gasteiger partial charge in [-0.05, 0) is 8.41 Å². The number of aryl methyl sites for hydroxylation is 2. The van der Waals surface area contributed by atoms with E-state index in [-0.39, 0.29) is 54.9 Å². The van der Waals surface area contributed by atoms with Gasteiger partial charge in [-0.1, -0.05) is 39.9 Å². The van der Waals surface area contributed by atoms with E-state index in [9.17, 15) is 0 Å². The number of halogens is 2. The largest absolute Gasteiger partial charge is 4.00 e. The maximum atomic E-state index is 3.44. The van der Waals surface area contributed by atoms with Crippen LogP contribution in [0, 0.1) is 27.0 Å². The number of hydrogen-bond acceptors (Lipinski definition) is 0. The summed E-state index contributed by atoms with van der Waals surface area (Å²) in [4.78, 5) is 3.01. The molecule has 0 saturated carbocycles. The first-order valence-corrected chi connectivity index (χ1v) is 9.40. The molecule has 0 amide bonds. The number of fused-ring (bicyclic) bond motifs is 1. The van der Waals surface area contributed by atoms with Crippen LogP contribution in [0.2, 0.25) is 13.1 Å². The molecule has 1 nitrogen and oxygen atoms in total. The van der Waals surface area contributed by atoms with Crippen LogP contribution in [-0.4, -0.2) is 18.6 Å². The van der Waals surface area contributed by atoms with E-state index in [0.717, 1.165) is 0 Å². The van der Waals surface area contributed by atoms with Crippen LogP contribution in [0.4, 0.5) is 0 Å². The van der Waals surface area contributed by atoms with Crippen LogP contribution >= 0.6 is 0 Å². The predicted molar refractivity (Wildman–Crippen MR) is 89.9 cm³/mol. The molecule has 1 aromatic heterocycles. The summed E-state index contributed by atoms with van der Waals surface area (Å²) in [7, 11) is -0.329. The van der Waals surface area contributed by atoms with Crippen LogP contribution in [0.3, 0.4) is 0 Å². The van der Waals surface area contributed by atoms with E-state index in [0.29, 0.717) is 0 Å². The first-order valence-electron chi connectivity index (χ1n) is 6.90. The monoisotopic (exact) mass is 397 g/mol. The number of aromatic nitrogens is 1. The number of hydrogen-bond donors (Lipinski definition) is 1. The van der Waals surface area contributed by atoms with E-state index in [1.807, 2.05) is 0 Å². The molecule has 3 rings (SSSR count). The molecule has 1 aliphatic carbocycles. The Morgan fingerprint density at radius 1 is 1.00 bits per heavy atom. The Morgan fingerprint density at radius 2 is 1.61 bits per heavy atom. The molecule has 0 radical (unpaired) electrons. The van der Waals surface area contributed by atoms with E-state index in [2.05, 4.69) is 81.5 Å². The van der Waals surface area contributed by atoms with Gasteiger partial charge >= 0.3 is 21.7 Å². The zero-order valence-corrected chi connectivity index (χ0v) is 18.2. The van der Waals surface area contributed by atoms with Gasteiger partial charge in [0.15, 0.2) is 0 Å². The molecule has 0 saturated heterocycles. The van der Waals surface area contributed by atoms with Crippen molar-refractivity contribution in [3.8, 4) is 0 Å². The van der Waals surface area contributed by atoms with Crippen molar-refractivity contribution in [2.24, 2.45) is 0 Å². The number of H-pyrrole nitrogens is 1. The van der Waals surface area contributed by atoms with Gasteiger partial charge in [0.05, 0.1) is 0 Å². The van der Waals surface area contributed by atoms with Gasteiger partial charge < -0.3 is 29.8 Å².